The van der Waals surface area contributed by atoms with E-state index in [1.165, 1.54) is 18.3 Å². The van der Waals surface area contributed by atoms with Crippen LogP contribution in [0.2, 0.25) is 5.02 Å². The largest absolute Gasteiger partial charge is 0.492 e. The van der Waals surface area contributed by atoms with Crippen LogP contribution in [0.4, 0.5) is 20.4 Å². The number of hydrogen-bond donors (Lipinski definition) is 0. The van der Waals surface area contributed by atoms with E-state index >= 15 is 0 Å². The van der Waals surface area contributed by atoms with E-state index in [-0.39, 0.29) is 5.56 Å². The molecule has 4 heterocycles. The Balaban J connectivity index is 1.39. The van der Waals surface area contributed by atoms with E-state index in [2.05, 4.69) is 14.8 Å². The summed E-state index contributed by atoms with van der Waals surface area (Å²) in [6, 6.07) is 10.2. The fourth-order valence-corrected chi connectivity index (χ4v) is 5.20. The third kappa shape index (κ3) is 7.36. The summed E-state index contributed by atoms with van der Waals surface area (Å²) < 4.78 is 45.4. The van der Waals surface area contributed by atoms with Crippen molar-refractivity contribution in [1.29, 1.82) is 0 Å². The molecule has 40 heavy (non-hydrogen) atoms. The van der Waals surface area contributed by atoms with Gasteiger partial charge < -0.3 is 19.1 Å². The van der Waals surface area contributed by atoms with Crippen LogP contribution < -0.4 is 9.64 Å². The number of benzene rings is 1. The Hall–Kier alpha value is -2.63. The molecular formula is C29H36ClF2N5O3. The molecular weight excluding hydrogens is 540 g/mol. The first kappa shape index (κ1) is 28.9. The van der Waals surface area contributed by atoms with Crippen molar-refractivity contribution in [3.63, 3.8) is 0 Å². The number of rotatable bonds is 11. The Bertz CT molecular complexity index is 1270. The summed E-state index contributed by atoms with van der Waals surface area (Å²) in [6.07, 6.45) is 2.22. The SMILES string of the molecule is CC(F)(F)c1ccnc(N(CCCN2CCOCC2)c2ccc3c(OCCN4CCOCC4)ccc(Cl)c3n2)c1. The number of hydrogen-bond acceptors (Lipinski definition) is 8. The van der Waals surface area contributed by atoms with Gasteiger partial charge >= 0.3 is 0 Å². The highest BCUT2D eigenvalue weighted by atomic mass is 35.5. The third-order valence-corrected chi connectivity index (χ3v) is 7.59. The van der Waals surface area contributed by atoms with Crippen LogP contribution in [0.5, 0.6) is 5.75 Å². The first-order valence-corrected chi connectivity index (χ1v) is 14.2. The highest BCUT2D eigenvalue weighted by molar-refractivity contribution is 6.35. The Labute approximate surface area is 238 Å². The van der Waals surface area contributed by atoms with Crippen LogP contribution in [0.25, 0.3) is 10.9 Å². The zero-order chi connectivity index (χ0) is 28.0. The number of anilines is 2. The molecule has 0 aliphatic carbocycles. The summed E-state index contributed by atoms with van der Waals surface area (Å²) in [5, 5.41) is 1.29. The monoisotopic (exact) mass is 575 g/mol. The van der Waals surface area contributed by atoms with Crippen LogP contribution in [-0.4, -0.2) is 98.6 Å². The Morgan fingerprint density at radius 2 is 1.65 bits per heavy atom. The second-order valence-electron chi connectivity index (χ2n) is 10.2. The Kier molecular flexibility index (Phi) is 9.64. The van der Waals surface area contributed by atoms with Crippen LogP contribution >= 0.6 is 11.6 Å². The van der Waals surface area contributed by atoms with Crippen molar-refractivity contribution in [3.05, 3.63) is 53.2 Å². The second-order valence-corrected chi connectivity index (χ2v) is 10.6. The maximum absolute atomic E-state index is 14.2. The average molecular weight is 576 g/mol. The van der Waals surface area contributed by atoms with Gasteiger partial charge in [0.25, 0.3) is 5.92 Å². The van der Waals surface area contributed by atoms with Gasteiger partial charge in [0, 0.05) is 69.9 Å². The lowest BCUT2D eigenvalue weighted by Gasteiger charge is -2.29. The molecule has 2 aliphatic heterocycles. The Morgan fingerprint density at radius 1 is 0.950 bits per heavy atom. The molecule has 0 amide bonds. The van der Waals surface area contributed by atoms with E-state index in [9.17, 15) is 8.78 Å². The van der Waals surface area contributed by atoms with E-state index in [1.807, 2.05) is 23.1 Å². The smallest absolute Gasteiger partial charge is 0.270 e. The maximum atomic E-state index is 14.2. The number of ether oxygens (including phenoxy) is 3. The first-order chi connectivity index (χ1) is 19.4. The fraction of sp³-hybridized carbons (Fsp3) is 0.517. The summed E-state index contributed by atoms with van der Waals surface area (Å²) in [7, 11) is 0. The normalized spacial score (nSPS) is 17.3. The van der Waals surface area contributed by atoms with Gasteiger partial charge in [-0.25, -0.2) is 18.7 Å². The minimum Gasteiger partial charge on any atom is -0.492 e. The second kappa shape index (κ2) is 13.4. The van der Waals surface area contributed by atoms with E-state index in [4.69, 9.17) is 30.8 Å². The summed E-state index contributed by atoms with van der Waals surface area (Å²) in [5.74, 6) is -1.27. The molecule has 1 aromatic carbocycles. The number of aromatic nitrogens is 2. The van der Waals surface area contributed by atoms with Crippen LogP contribution in [0.1, 0.15) is 18.9 Å². The van der Waals surface area contributed by atoms with Gasteiger partial charge in [-0.1, -0.05) is 11.6 Å². The van der Waals surface area contributed by atoms with Crippen molar-refractivity contribution in [2.45, 2.75) is 19.3 Å². The molecule has 2 saturated heterocycles. The van der Waals surface area contributed by atoms with Crippen LogP contribution in [0, 0.1) is 0 Å². The predicted molar refractivity (Wildman–Crippen MR) is 152 cm³/mol. The zero-order valence-electron chi connectivity index (χ0n) is 22.8. The lowest BCUT2D eigenvalue weighted by atomic mass is 10.1. The molecule has 0 saturated carbocycles. The molecule has 0 radical (unpaired) electrons. The minimum atomic E-state index is -2.98. The molecule has 0 N–H and O–H groups in total. The quantitative estimate of drug-likeness (QED) is 0.318. The predicted octanol–water partition coefficient (Wildman–Crippen LogP) is 4.97. The van der Waals surface area contributed by atoms with E-state index < -0.39 is 5.92 Å². The number of alkyl halides is 2. The minimum absolute atomic E-state index is 0.0922. The van der Waals surface area contributed by atoms with E-state index in [1.54, 1.807) is 6.07 Å². The van der Waals surface area contributed by atoms with Gasteiger partial charge in [-0.05, 0) is 42.8 Å². The van der Waals surface area contributed by atoms with Crippen LogP contribution in [-0.2, 0) is 15.4 Å². The molecule has 0 bridgehead atoms. The highest BCUT2D eigenvalue weighted by Gasteiger charge is 2.26. The van der Waals surface area contributed by atoms with Crippen molar-refractivity contribution >= 4 is 34.1 Å². The summed E-state index contributed by atoms with van der Waals surface area (Å²) in [4.78, 5) is 15.9. The molecule has 2 fully saturated rings. The topological polar surface area (TPSA) is 63.2 Å². The first-order valence-electron chi connectivity index (χ1n) is 13.8. The molecule has 11 heteroatoms. The van der Waals surface area contributed by atoms with Crippen molar-refractivity contribution in [2.24, 2.45) is 0 Å². The molecule has 0 atom stereocenters. The molecule has 0 spiro atoms. The Morgan fingerprint density at radius 3 is 2.35 bits per heavy atom. The number of pyridine rings is 2. The van der Waals surface area contributed by atoms with E-state index in [0.29, 0.717) is 41.1 Å². The highest BCUT2D eigenvalue weighted by Crippen LogP contribution is 2.35. The molecule has 5 rings (SSSR count). The number of halogens is 3. The molecule has 216 valence electrons. The van der Waals surface area contributed by atoms with Gasteiger partial charge in [-0.3, -0.25) is 9.80 Å². The molecule has 2 aromatic heterocycles. The van der Waals surface area contributed by atoms with Crippen LogP contribution in [0.15, 0.2) is 42.6 Å². The number of nitrogens with zero attached hydrogens (tertiary/aromatic N) is 5. The molecule has 2 aliphatic rings. The van der Waals surface area contributed by atoms with Gasteiger partial charge in [-0.15, -0.1) is 0 Å². The lowest BCUT2D eigenvalue weighted by Crippen LogP contribution is -2.38. The third-order valence-electron chi connectivity index (χ3n) is 7.29. The van der Waals surface area contributed by atoms with Gasteiger partial charge in [-0.2, -0.15) is 0 Å². The van der Waals surface area contributed by atoms with Crippen LogP contribution in [0.3, 0.4) is 0 Å². The van der Waals surface area contributed by atoms with E-state index in [0.717, 1.165) is 84.4 Å². The van der Waals surface area contributed by atoms with Crippen molar-refractivity contribution < 1.29 is 23.0 Å². The summed E-state index contributed by atoms with van der Waals surface area (Å²) >= 11 is 6.61. The van der Waals surface area contributed by atoms with Gasteiger partial charge in [0.1, 0.15) is 24.0 Å². The summed E-state index contributed by atoms with van der Waals surface area (Å²) in [6.45, 7) is 10.1. The molecule has 8 nitrogen and oxygen atoms in total. The zero-order valence-corrected chi connectivity index (χ0v) is 23.6. The fourth-order valence-electron chi connectivity index (χ4n) is 5.00. The maximum Gasteiger partial charge on any atom is 0.270 e. The van der Waals surface area contributed by atoms with Gasteiger partial charge in [0.05, 0.1) is 37.0 Å². The van der Waals surface area contributed by atoms with Crippen molar-refractivity contribution in [1.82, 2.24) is 19.8 Å². The number of morpholine rings is 2. The van der Waals surface area contributed by atoms with Gasteiger partial charge in [0.2, 0.25) is 0 Å². The standard InChI is InChI=1S/C29H36ClF2N5O3/c1-29(31,32)22-7-8-33-27(21-22)37(10-2-9-35-11-16-38-17-12-35)26-6-3-23-25(5-4-24(30)28(23)34-26)40-20-15-36-13-18-39-19-14-36/h3-8,21H,2,9-20H2,1H3. The van der Waals surface area contributed by atoms with Crippen molar-refractivity contribution in [3.8, 4) is 5.75 Å². The summed E-state index contributed by atoms with van der Waals surface area (Å²) in [5.41, 5.74) is 0.503. The molecule has 3 aromatic rings. The van der Waals surface area contributed by atoms with Crippen molar-refractivity contribution in [2.75, 3.05) is 83.7 Å². The van der Waals surface area contributed by atoms with Gasteiger partial charge in [0.15, 0.2) is 0 Å². The average Bonchev–Trinajstić information content (AvgIpc) is 2.97. The number of fused-ring (bicyclic) bond motifs is 1. The lowest BCUT2D eigenvalue weighted by molar-refractivity contribution is 0.0174. The molecule has 0 unspecified atom stereocenters.